The van der Waals surface area contributed by atoms with Crippen LogP contribution in [0.25, 0.3) is 0 Å². The first-order valence-electron chi connectivity index (χ1n) is 17.5. The molecule has 2 aromatic carbocycles. The first-order chi connectivity index (χ1) is 24.1. The second-order valence-electron chi connectivity index (χ2n) is 14.4. The van der Waals surface area contributed by atoms with E-state index in [1.54, 1.807) is 6.20 Å². The summed E-state index contributed by atoms with van der Waals surface area (Å²) in [7, 11) is -3.66. The molecule has 1 fully saturated rings. The molecule has 1 aliphatic carbocycles. The normalized spacial score (nSPS) is 20.7. The van der Waals surface area contributed by atoms with Gasteiger partial charge in [-0.1, -0.05) is 60.7 Å². The van der Waals surface area contributed by atoms with Crippen LogP contribution in [0.15, 0.2) is 79.1 Å². The van der Waals surface area contributed by atoms with Crippen LogP contribution in [0.2, 0.25) is 0 Å². The van der Waals surface area contributed by atoms with Gasteiger partial charge >= 0.3 is 0 Å². The second kappa shape index (κ2) is 18.2. The smallest absolute Gasteiger partial charge is 0.264 e. The fourth-order valence-corrected chi connectivity index (χ4v) is 6.56. The predicted molar refractivity (Wildman–Crippen MR) is 196 cm³/mol. The van der Waals surface area contributed by atoms with Crippen LogP contribution in [0, 0.1) is 5.92 Å². The van der Waals surface area contributed by atoms with E-state index in [1.807, 2.05) is 93.7 Å². The number of hydrogen-bond donors (Lipinski definition) is 5. The Labute approximate surface area is 302 Å². The number of hydrogen-bond acceptors (Lipinski definition) is 9. The van der Waals surface area contributed by atoms with Crippen molar-refractivity contribution in [3.8, 4) is 0 Å². The summed E-state index contributed by atoms with van der Waals surface area (Å²) in [6.07, 6.45) is 3.26. The zero-order valence-electron chi connectivity index (χ0n) is 30.0. The van der Waals surface area contributed by atoms with Crippen molar-refractivity contribution < 1.29 is 32.8 Å². The Hall–Kier alpha value is -3.72. The number of carbonyl (C=O) groups excluding carboxylic acids is 2. The Kier molecular flexibility index (Phi) is 14.3. The van der Waals surface area contributed by atoms with Crippen LogP contribution in [0.5, 0.6) is 0 Å². The molecular formula is C38H53N5O7S. The molecule has 2 amide bonds. The summed E-state index contributed by atoms with van der Waals surface area (Å²) in [6.45, 7) is 10.1. The lowest BCUT2D eigenvalue weighted by Gasteiger charge is -2.42. The predicted octanol–water partition coefficient (Wildman–Crippen LogP) is 2.76. The molecule has 0 bridgehead atoms. The van der Waals surface area contributed by atoms with Gasteiger partial charge in [-0.3, -0.25) is 28.9 Å². The molecule has 51 heavy (non-hydrogen) atoms. The van der Waals surface area contributed by atoms with E-state index >= 15 is 0 Å². The maximum atomic E-state index is 13.8. The van der Waals surface area contributed by atoms with Crippen LogP contribution in [0.1, 0.15) is 62.4 Å². The largest absolute Gasteiger partial charge is 0.392 e. The first-order valence-corrected chi connectivity index (χ1v) is 19.1. The van der Waals surface area contributed by atoms with Crippen molar-refractivity contribution in [2.45, 2.75) is 83.3 Å². The standard InChI is InChI=1S/C36H47N5O4.C2H6O3S/c1-36(2,3)39-35(45)31-24-40(22-26-12-9-15-37-21-26)16-17-41(31)23-29(42)19-28(18-25-10-5-4-6-11-25)34(44)38-33-30-14-8-7-13-27(30)20-32(33)43;1-2-6(3,4)5/h4-15,21,28-29,31-33,42-43H,16-20,22-24H2,1-3H3,(H,38,44)(H,39,45);2H2,1H3,(H,3,4,5)/t28-,29-,31-,32+,33-;/m0./s1. The van der Waals surface area contributed by atoms with Gasteiger partial charge in [0.05, 0.1) is 24.0 Å². The van der Waals surface area contributed by atoms with E-state index in [9.17, 15) is 28.2 Å². The number of aromatic nitrogens is 1. The molecule has 1 aromatic heterocycles. The van der Waals surface area contributed by atoms with Crippen LogP contribution < -0.4 is 10.6 Å². The van der Waals surface area contributed by atoms with Gasteiger partial charge in [-0.15, -0.1) is 0 Å². The summed E-state index contributed by atoms with van der Waals surface area (Å²) in [5, 5.41) is 28.5. The molecule has 13 heteroatoms. The lowest BCUT2D eigenvalue weighted by Crippen LogP contribution is -2.61. The van der Waals surface area contributed by atoms with Crippen LogP contribution in [0.4, 0.5) is 0 Å². The molecule has 5 N–H and O–H groups in total. The number of piperazine rings is 1. The van der Waals surface area contributed by atoms with Gasteiger partial charge in [-0.05, 0) is 68.9 Å². The van der Waals surface area contributed by atoms with Gasteiger partial charge in [0.15, 0.2) is 0 Å². The lowest BCUT2D eigenvalue weighted by atomic mass is 9.91. The molecule has 2 aliphatic rings. The minimum Gasteiger partial charge on any atom is -0.392 e. The summed E-state index contributed by atoms with van der Waals surface area (Å²) >= 11 is 0. The van der Waals surface area contributed by atoms with E-state index < -0.39 is 45.9 Å². The molecule has 12 nitrogen and oxygen atoms in total. The number of aliphatic hydroxyl groups is 2. The van der Waals surface area contributed by atoms with Gasteiger partial charge in [0, 0.05) is 63.0 Å². The van der Waals surface area contributed by atoms with Crippen molar-refractivity contribution in [1.82, 2.24) is 25.4 Å². The fourth-order valence-electron chi connectivity index (χ4n) is 6.56. The van der Waals surface area contributed by atoms with Gasteiger partial charge in [0.25, 0.3) is 10.1 Å². The lowest BCUT2D eigenvalue weighted by molar-refractivity contribution is -0.132. The van der Waals surface area contributed by atoms with Crippen LogP contribution in [-0.4, -0.2) is 106 Å². The van der Waals surface area contributed by atoms with Crippen molar-refractivity contribution in [2.75, 3.05) is 31.9 Å². The quantitative estimate of drug-likeness (QED) is 0.175. The molecule has 1 saturated heterocycles. The molecular weight excluding hydrogens is 671 g/mol. The molecule has 0 spiro atoms. The van der Waals surface area contributed by atoms with E-state index in [4.69, 9.17) is 4.55 Å². The van der Waals surface area contributed by atoms with Crippen molar-refractivity contribution in [3.05, 3.63) is 101 Å². The van der Waals surface area contributed by atoms with Gasteiger partial charge in [-0.2, -0.15) is 8.42 Å². The molecule has 0 saturated carbocycles. The number of amides is 2. The minimum atomic E-state index is -3.66. The number of β-amino-alcohol motifs (C(OH)–C–C–N with tert-alkyl or cyclic N) is 1. The molecule has 0 radical (unpaired) electrons. The highest BCUT2D eigenvalue weighted by molar-refractivity contribution is 7.85. The number of carbonyl (C=O) groups is 2. The third kappa shape index (κ3) is 12.8. The molecule has 1 aliphatic heterocycles. The van der Waals surface area contributed by atoms with Crippen LogP contribution >= 0.6 is 0 Å². The second-order valence-corrected chi connectivity index (χ2v) is 16.2. The van der Waals surface area contributed by atoms with Crippen molar-refractivity contribution in [1.29, 1.82) is 0 Å². The average molecular weight is 724 g/mol. The van der Waals surface area contributed by atoms with Gasteiger partial charge in [0.2, 0.25) is 11.8 Å². The number of fused-ring (bicyclic) bond motifs is 1. The highest BCUT2D eigenvalue weighted by atomic mass is 32.2. The fraction of sp³-hybridized carbons (Fsp3) is 0.500. The highest BCUT2D eigenvalue weighted by Crippen LogP contribution is 2.32. The molecule has 5 atom stereocenters. The van der Waals surface area contributed by atoms with Gasteiger partial charge in [0.1, 0.15) is 6.04 Å². The number of pyridine rings is 1. The molecule has 278 valence electrons. The van der Waals surface area contributed by atoms with E-state index in [2.05, 4.69) is 25.4 Å². The van der Waals surface area contributed by atoms with Crippen LogP contribution in [0.3, 0.4) is 0 Å². The molecule has 3 aromatic rings. The number of nitrogens with zero attached hydrogens (tertiary/aromatic N) is 3. The Bertz CT molecular complexity index is 1670. The summed E-state index contributed by atoms with van der Waals surface area (Å²) in [5.41, 5.74) is 3.68. The third-order valence-electron chi connectivity index (χ3n) is 9.07. The topological polar surface area (TPSA) is 172 Å². The van der Waals surface area contributed by atoms with Crippen molar-refractivity contribution >= 4 is 21.9 Å². The third-order valence-corrected chi connectivity index (χ3v) is 9.80. The zero-order chi connectivity index (χ0) is 37.2. The summed E-state index contributed by atoms with van der Waals surface area (Å²) in [5.74, 6) is -0.983. The van der Waals surface area contributed by atoms with Crippen molar-refractivity contribution in [3.63, 3.8) is 0 Å². The Balaban J connectivity index is 0.000000894. The maximum absolute atomic E-state index is 13.8. The summed E-state index contributed by atoms with van der Waals surface area (Å²) in [4.78, 5) is 35.9. The summed E-state index contributed by atoms with van der Waals surface area (Å²) in [6, 6.07) is 20.6. The van der Waals surface area contributed by atoms with E-state index in [0.717, 1.165) is 28.8 Å². The van der Waals surface area contributed by atoms with Gasteiger partial charge < -0.3 is 20.8 Å². The number of nitrogens with one attached hydrogen (secondary N) is 2. The molecule has 5 rings (SSSR count). The van der Waals surface area contributed by atoms with Crippen molar-refractivity contribution in [2.24, 2.45) is 5.92 Å². The Morgan fingerprint density at radius 3 is 2.31 bits per heavy atom. The minimum absolute atomic E-state index is 0.0712. The van der Waals surface area contributed by atoms with Crippen LogP contribution in [-0.2, 0) is 39.1 Å². The Morgan fingerprint density at radius 2 is 1.67 bits per heavy atom. The first kappa shape index (κ1) is 40.1. The molecule has 2 heterocycles. The number of benzene rings is 2. The number of rotatable bonds is 12. The zero-order valence-corrected chi connectivity index (χ0v) is 30.8. The average Bonchev–Trinajstić information content (AvgIpc) is 3.39. The van der Waals surface area contributed by atoms with E-state index in [-0.39, 0.29) is 30.5 Å². The summed E-state index contributed by atoms with van der Waals surface area (Å²) < 4.78 is 26.9. The maximum Gasteiger partial charge on any atom is 0.264 e. The van der Waals surface area contributed by atoms with E-state index in [0.29, 0.717) is 32.5 Å². The van der Waals surface area contributed by atoms with E-state index in [1.165, 1.54) is 6.92 Å². The van der Waals surface area contributed by atoms with Gasteiger partial charge in [-0.25, -0.2) is 0 Å². The monoisotopic (exact) mass is 723 g/mol. The Morgan fingerprint density at radius 1 is 1.00 bits per heavy atom. The SMILES string of the molecule is CC(C)(C)NC(=O)[C@@H]1CN(Cc2cccnc2)CCN1C[C@@H](O)C[C@H](Cc1ccccc1)C(=O)N[C@H]1c2ccccc2C[C@H]1O.CCS(=O)(=O)O. The number of aliphatic hydroxyl groups excluding tert-OH is 2. The highest BCUT2D eigenvalue weighted by Gasteiger charge is 2.37. The molecule has 0 unspecified atom stereocenters.